The molecule has 0 unspecified atom stereocenters. The first-order valence-corrected chi connectivity index (χ1v) is 9.06. The summed E-state index contributed by atoms with van der Waals surface area (Å²) in [5.41, 5.74) is -1.02. The first-order chi connectivity index (χ1) is 12.0. The molecule has 136 valence electrons. The molecule has 1 N–H and O–H groups in total. The number of aromatic nitrogens is 2. The van der Waals surface area contributed by atoms with Gasteiger partial charge in [0, 0.05) is 38.4 Å². The summed E-state index contributed by atoms with van der Waals surface area (Å²) in [5.74, 6) is -0.171. The van der Waals surface area contributed by atoms with Crippen molar-refractivity contribution in [3.63, 3.8) is 0 Å². The number of amides is 1. The second kappa shape index (κ2) is 7.37. The number of anilines is 1. The summed E-state index contributed by atoms with van der Waals surface area (Å²) in [6.07, 6.45) is 10.4. The molecule has 1 aromatic rings. The van der Waals surface area contributed by atoms with Gasteiger partial charge in [0.15, 0.2) is 0 Å². The van der Waals surface area contributed by atoms with E-state index < -0.39 is 11.5 Å². The number of piperidine rings is 1. The van der Waals surface area contributed by atoms with Crippen molar-refractivity contribution in [1.82, 2.24) is 14.9 Å². The molecule has 2 fully saturated rings. The smallest absolute Gasteiger partial charge is 0.329 e. The Hall–Kier alpha value is -2.18. The van der Waals surface area contributed by atoms with Gasteiger partial charge in [-0.1, -0.05) is 19.3 Å². The molecule has 1 saturated heterocycles. The van der Waals surface area contributed by atoms with Gasteiger partial charge in [-0.3, -0.25) is 9.78 Å². The van der Waals surface area contributed by atoms with E-state index in [2.05, 4.69) is 14.9 Å². The predicted molar refractivity (Wildman–Crippen MR) is 93.2 cm³/mol. The molecule has 2 heterocycles. The van der Waals surface area contributed by atoms with E-state index in [4.69, 9.17) is 0 Å². The summed E-state index contributed by atoms with van der Waals surface area (Å²) in [4.78, 5) is 37.0. The summed E-state index contributed by atoms with van der Waals surface area (Å²) in [7, 11) is 1.68. The molecular formula is C18H26N4O3. The van der Waals surface area contributed by atoms with Gasteiger partial charge in [-0.15, -0.1) is 0 Å². The minimum absolute atomic E-state index is 0.0249. The van der Waals surface area contributed by atoms with Crippen LogP contribution in [0.25, 0.3) is 0 Å². The number of carbonyl (C=O) groups excluding carboxylic acids is 1. The van der Waals surface area contributed by atoms with E-state index in [1.54, 1.807) is 25.6 Å². The van der Waals surface area contributed by atoms with Crippen molar-refractivity contribution in [3.8, 4) is 0 Å². The van der Waals surface area contributed by atoms with Crippen LogP contribution in [0, 0.1) is 5.92 Å². The summed E-state index contributed by atoms with van der Waals surface area (Å²) in [5, 5.41) is 9.78. The molecule has 0 aromatic carbocycles. The third-order valence-corrected chi connectivity index (χ3v) is 5.77. The van der Waals surface area contributed by atoms with E-state index in [1.807, 2.05) is 0 Å². The van der Waals surface area contributed by atoms with Gasteiger partial charge in [-0.05, 0) is 25.7 Å². The third-order valence-electron chi connectivity index (χ3n) is 5.77. The maximum Gasteiger partial charge on any atom is 0.329 e. The Kier molecular flexibility index (Phi) is 5.20. The SMILES string of the molecule is CN(C(=O)C1CCN(c2cnccn2)CC1)C1(C(=O)O)CCCCC1. The minimum Gasteiger partial charge on any atom is -0.479 e. The molecule has 0 radical (unpaired) electrons. The lowest BCUT2D eigenvalue weighted by atomic mass is 9.79. The lowest BCUT2D eigenvalue weighted by molar-refractivity contribution is -0.162. The highest BCUT2D eigenvalue weighted by Crippen LogP contribution is 2.35. The zero-order chi connectivity index (χ0) is 17.9. The van der Waals surface area contributed by atoms with Gasteiger partial charge in [0.1, 0.15) is 11.4 Å². The number of carboxylic acids is 1. The number of carbonyl (C=O) groups is 2. The second-order valence-corrected chi connectivity index (χ2v) is 7.12. The topological polar surface area (TPSA) is 86.6 Å². The molecule has 1 aromatic heterocycles. The van der Waals surface area contributed by atoms with Crippen LogP contribution in [0.1, 0.15) is 44.9 Å². The second-order valence-electron chi connectivity index (χ2n) is 7.12. The number of carboxylic acid groups (broad SMARTS) is 1. The summed E-state index contributed by atoms with van der Waals surface area (Å²) < 4.78 is 0. The maximum absolute atomic E-state index is 13.0. The molecule has 3 rings (SSSR count). The molecular weight excluding hydrogens is 320 g/mol. The average molecular weight is 346 g/mol. The van der Waals surface area contributed by atoms with E-state index in [-0.39, 0.29) is 11.8 Å². The normalized spacial score (nSPS) is 20.9. The highest BCUT2D eigenvalue weighted by Gasteiger charge is 2.46. The van der Waals surface area contributed by atoms with Crippen LogP contribution in [0.3, 0.4) is 0 Å². The van der Waals surface area contributed by atoms with Gasteiger partial charge >= 0.3 is 5.97 Å². The van der Waals surface area contributed by atoms with Crippen molar-refractivity contribution in [2.24, 2.45) is 5.92 Å². The molecule has 0 bridgehead atoms. The van der Waals surface area contributed by atoms with Crippen LogP contribution in [-0.4, -0.2) is 57.5 Å². The minimum atomic E-state index is -1.02. The van der Waals surface area contributed by atoms with Crippen LogP contribution < -0.4 is 4.90 Å². The first-order valence-electron chi connectivity index (χ1n) is 9.06. The first kappa shape index (κ1) is 17.6. The van der Waals surface area contributed by atoms with Gasteiger partial charge in [-0.25, -0.2) is 9.78 Å². The number of rotatable bonds is 4. The fraction of sp³-hybridized carbons (Fsp3) is 0.667. The molecule has 7 heteroatoms. The van der Waals surface area contributed by atoms with Crippen molar-refractivity contribution < 1.29 is 14.7 Å². The highest BCUT2D eigenvalue weighted by molar-refractivity contribution is 5.88. The largest absolute Gasteiger partial charge is 0.479 e. The fourth-order valence-corrected chi connectivity index (χ4v) is 4.12. The predicted octanol–water partition coefficient (Wildman–Crippen LogP) is 1.94. The van der Waals surface area contributed by atoms with Crippen molar-refractivity contribution >= 4 is 17.7 Å². The van der Waals surface area contributed by atoms with Crippen LogP contribution in [0.2, 0.25) is 0 Å². The van der Waals surface area contributed by atoms with Crippen molar-refractivity contribution in [2.45, 2.75) is 50.5 Å². The standard InChI is InChI=1S/C18H26N4O3/c1-21(18(17(24)25)7-3-2-4-8-18)16(23)14-5-11-22(12-6-14)15-13-19-9-10-20-15/h9-10,13-14H,2-8,11-12H2,1H3,(H,24,25). The zero-order valence-electron chi connectivity index (χ0n) is 14.7. The fourth-order valence-electron chi connectivity index (χ4n) is 4.12. The Labute approximate surface area is 148 Å². The Balaban J connectivity index is 1.64. The van der Waals surface area contributed by atoms with Gasteiger partial charge < -0.3 is 14.9 Å². The van der Waals surface area contributed by atoms with Gasteiger partial charge in [0.25, 0.3) is 0 Å². The highest BCUT2D eigenvalue weighted by atomic mass is 16.4. The van der Waals surface area contributed by atoms with E-state index in [0.29, 0.717) is 12.8 Å². The van der Waals surface area contributed by atoms with Crippen LogP contribution >= 0.6 is 0 Å². The van der Waals surface area contributed by atoms with Crippen molar-refractivity contribution in [2.75, 3.05) is 25.0 Å². The van der Waals surface area contributed by atoms with Gasteiger partial charge in [-0.2, -0.15) is 0 Å². The quantitative estimate of drug-likeness (QED) is 0.896. The summed E-state index contributed by atoms with van der Waals surface area (Å²) in [6, 6.07) is 0. The molecule has 2 aliphatic rings. The van der Waals surface area contributed by atoms with E-state index >= 15 is 0 Å². The average Bonchev–Trinajstić information content (AvgIpc) is 2.68. The molecule has 0 atom stereocenters. The Morgan fingerprint density at radius 3 is 2.44 bits per heavy atom. The Morgan fingerprint density at radius 2 is 1.88 bits per heavy atom. The third kappa shape index (κ3) is 3.45. The number of hydrogen-bond donors (Lipinski definition) is 1. The monoisotopic (exact) mass is 346 g/mol. The lowest BCUT2D eigenvalue weighted by Gasteiger charge is -2.43. The van der Waals surface area contributed by atoms with Crippen molar-refractivity contribution in [3.05, 3.63) is 18.6 Å². The van der Waals surface area contributed by atoms with Crippen LogP contribution in [0.15, 0.2) is 18.6 Å². The van der Waals surface area contributed by atoms with E-state index in [9.17, 15) is 14.7 Å². The number of nitrogens with zero attached hydrogens (tertiary/aromatic N) is 4. The Morgan fingerprint density at radius 1 is 1.20 bits per heavy atom. The number of likely N-dealkylation sites (N-methyl/N-ethyl adjacent to an activating group) is 1. The maximum atomic E-state index is 13.0. The molecule has 1 saturated carbocycles. The number of aliphatic carboxylic acids is 1. The van der Waals surface area contributed by atoms with Crippen LogP contribution in [0.4, 0.5) is 5.82 Å². The van der Waals surface area contributed by atoms with Crippen LogP contribution in [0.5, 0.6) is 0 Å². The van der Waals surface area contributed by atoms with E-state index in [1.165, 1.54) is 4.90 Å². The zero-order valence-corrected chi connectivity index (χ0v) is 14.7. The molecule has 1 amide bonds. The molecule has 1 aliphatic heterocycles. The summed E-state index contributed by atoms with van der Waals surface area (Å²) >= 11 is 0. The van der Waals surface area contributed by atoms with Gasteiger partial charge in [0.05, 0.1) is 6.20 Å². The molecule has 1 aliphatic carbocycles. The Bertz CT molecular complexity index is 608. The van der Waals surface area contributed by atoms with Gasteiger partial charge in [0.2, 0.25) is 5.91 Å². The number of hydrogen-bond acceptors (Lipinski definition) is 5. The van der Waals surface area contributed by atoms with Crippen LogP contribution in [-0.2, 0) is 9.59 Å². The van der Waals surface area contributed by atoms with E-state index in [0.717, 1.165) is 51.0 Å². The summed E-state index contributed by atoms with van der Waals surface area (Å²) in [6.45, 7) is 1.48. The molecule has 7 nitrogen and oxygen atoms in total. The molecule has 25 heavy (non-hydrogen) atoms. The van der Waals surface area contributed by atoms with Crippen molar-refractivity contribution in [1.29, 1.82) is 0 Å². The molecule has 0 spiro atoms. The lowest BCUT2D eigenvalue weighted by Crippen LogP contribution is -2.58.